The van der Waals surface area contributed by atoms with Crippen molar-refractivity contribution in [1.29, 1.82) is 0 Å². The summed E-state index contributed by atoms with van der Waals surface area (Å²) < 4.78 is 1.00. The number of carbonyl (C=O) groups is 1. The number of halogens is 1. The maximum atomic E-state index is 10.9. The van der Waals surface area contributed by atoms with Crippen molar-refractivity contribution in [2.45, 2.75) is 17.6 Å². The van der Waals surface area contributed by atoms with E-state index in [1.54, 1.807) is 11.8 Å². The summed E-state index contributed by atoms with van der Waals surface area (Å²) in [6.07, 6.45) is 0. The van der Waals surface area contributed by atoms with Gasteiger partial charge in [0.05, 0.1) is 5.69 Å². The number of nitrogens with two attached hydrogens (primary N) is 1. The van der Waals surface area contributed by atoms with Crippen molar-refractivity contribution in [2.75, 3.05) is 11.1 Å². The largest absolute Gasteiger partial charge is 0.398 e. The van der Waals surface area contributed by atoms with Crippen molar-refractivity contribution in [3.05, 3.63) is 33.7 Å². The number of nitrogen functional groups attached to an aromatic ring is 1. The van der Waals surface area contributed by atoms with Gasteiger partial charge in [0.15, 0.2) is 5.13 Å². The first kappa shape index (κ1) is 14.4. The molecule has 1 heterocycles. The zero-order valence-corrected chi connectivity index (χ0v) is 13.4. The molecule has 0 radical (unpaired) electrons. The Kier molecular flexibility index (Phi) is 4.84. The van der Waals surface area contributed by atoms with E-state index in [1.165, 1.54) is 18.3 Å². The van der Waals surface area contributed by atoms with Gasteiger partial charge in [0.25, 0.3) is 0 Å². The van der Waals surface area contributed by atoms with E-state index in [0.717, 1.165) is 26.5 Å². The normalized spacial score (nSPS) is 10.4. The zero-order chi connectivity index (χ0) is 13.8. The summed E-state index contributed by atoms with van der Waals surface area (Å²) in [5.74, 6) is 0.612. The van der Waals surface area contributed by atoms with Crippen LogP contribution in [0.1, 0.15) is 12.6 Å². The van der Waals surface area contributed by atoms with Crippen LogP contribution in [-0.2, 0) is 10.5 Å². The molecule has 0 bridgehead atoms. The van der Waals surface area contributed by atoms with Crippen LogP contribution < -0.4 is 11.1 Å². The molecule has 4 nitrogen and oxygen atoms in total. The van der Waals surface area contributed by atoms with Gasteiger partial charge in [-0.1, -0.05) is 15.9 Å². The molecule has 1 aromatic carbocycles. The van der Waals surface area contributed by atoms with Gasteiger partial charge < -0.3 is 11.1 Å². The Bertz CT molecular complexity index is 600. The Morgan fingerprint density at radius 2 is 2.37 bits per heavy atom. The highest BCUT2D eigenvalue weighted by molar-refractivity contribution is 9.10. The number of thioether (sulfide) groups is 1. The average Bonchev–Trinajstić information content (AvgIpc) is 2.77. The first-order chi connectivity index (χ1) is 9.04. The van der Waals surface area contributed by atoms with Crippen LogP contribution in [0.15, 0.2) is 32.9 Å². The van der Waals surface area contributed by atoms with Crippen LogP contribution in [0.3, 0.4) is 0 Å². The van der Waals surface area contributed by atoms with E-state index < -0.39 is 0 Å². The summed E-state index contributed by atoms with van der Waals surface area (Å²) in [5, 5.41) is 5.24. The predicted octanol–water partition coefficient (Wildman–Crippen LogP) is 3.74. The number of hydrogen-bond acceptors (Lipinski definition) is 5. The molecule has 1 amide bonds. The van der Waals surface area contributed by atoms with E-state index in [1.807, 2.05) is 23.6 Å². The van der Waals surface area contributed by atoms with Gasteiger partial charge in [0.2, 0.25) is 5.91 Å². The summed E-state index contributed by atoms with van der Waals surface area (Å²) in [7, 11) is 0. The van der Waals surface area contributed by atoms with Crippen LogP contribution >= 0.6 is 39.0 Å². The Morgan fingerprint density at radius 3 is 3.11 bits per heavy atom. The highest BCUT2D eigenvalue weighted by Gasteiger charge is 2.06. The SMILES string of the molecule is CC(=O)Nc1nc(CSc2cc(Br)ccc2N)cs1. The molecule has 19 heavy (non-hydrogen) atoms. The van der Waals surface area contributed by atoms with Gasteiger partial charge in [-0.05, 0) is 18.2 Å². The number of rotatable bonds is 4. The molecule has 0 saturated heterocycles. The van der Waals surface area contributed by atoms with Gasteiger partial charge in [0, 0.05) is 33.1 Å². The van der Waals surface area contributed by atoms with Crippen molar-refractivity contribution < 1.29 is 4.79 Å². The molecule has 0 fully saturated rings. The van der Waals surface area contributed by atoms with Gasteiger partial charge >= 0.3 is 0 Å². The fourth-order valence-corrected chi connectivity index (χ4v) is 3.64. The number of carbonyl (C=O) groups excluding carboxylic acids is 1. The number of anilines is 2. The van der Waals surface area contributed by atoms with Crippen LogP contribution in [0.25, 0.3) is 0 Å². The first-order valence-corrected chi connectivity index (χ1v) is 8.10. The highest BCUT2D eigenvalue weighted by Crippen LogP contribution is 2.31. The smallest absolute Gasteiger partial charge is 0.223 e. The number of thiazole rings is 1. The van der Waals surface area contributed by atoms with Crippen LogP contribution in [0.5, 0.6) is 0 Å². The second-order valence-electron chi connectivity index (χ2n) is 3.80. The molecule has 0 aliphatic rings. The van der Waals surface area contributed by atoms with Gasteiger partial charge in [-0.3, -0.25) is 4.79 Å². The molecule has 0 spiro atoms. The molecule has 100 valence electrons. The second kappa shape index (κ2) is 6.40. The Balaban J connectivity index is 2.00. The van der Waals surface area contributed by atoms with E-state index in [0.29, 0.717) is 5.13 Å². The van der Waals surface area contributed by atoms with Crippen LogP contribution in [0.2, 0.25) is 0 Å². The van der Waals surface area contributed by atoms with Gasteiger partial charge in [0.1, 0.15) is 0 Å². The third-order valence-electron chi connectivity index (χ3n) is 2.19. The highest BCUT2D eigenvalue weighted by atomic mass is 79.9. The molecule has 1 aromatic heterocycles. The average molecular weight is 358 g/mol. The minimum absolute atomic E-state index is 0.107. The maximum Gasteiger partial charge on any atom is 0.223 e. The van der Waals surface area contributed by atoms with Crippen LogP contribution in [-0.4, -0.2) is 10.9 Å². The number of nitrogens with one attached hydrogen (secondary N) is 1. The molecule has 2 aromatic rings. The van der Waals surface area contributed by atoms with Crippen molar-refractivity contribution >= 4 is 55.8 Å². The summed E-state index contributed by atoms with van der Waals surface area (Å²) in [5.41, 5.74) is 7.59. The lowest BCUT2D eigenvalue weighted by Crippen LogP contribution is -2.05. The lowest BCUT2D eigenvalue weighted by atomic mass is 10.3. The van der Waals surface area contributed by atoms with E-state index in [-0.39, 0.29) is 5.91 Å². The van der Waals surface area contributed by atoms with E-state index >= 15 is 0 Å². The monoisotopic (exact) mass is 357 g/mol. The maximum absolute atomic E-state index is 10.9. The van der Waals surface area contributed by atoms with Crippen LogP contribution in [0.4, 0.5) is 10.8 Å². The molecular formula is C12H12BrN3OS2. The summed E-state index contributed by atoms with van der Waals surface area (Å²) in [6.45, 7) is 1.47. The lowest BCUT2D eigenvalue weighted by Gasteiger charge is -2.04. The van der Waals surface area contributed by atoms with E-state index in [2.05, 4.69) is 26.2 Å². The Hall–Kier alpha value is -1.05. The van der Waals surface area contributed by atoms with E-state index in [9.17, 15) is 4.79 Å². The zero-order valence-electron chi connectivity index (χ0n) is 10.1. The molecule has 0 unspecified atom stereocenters. The summed E-state index contributed by atoms with van der Waals surface area (Å²) in [4.78, 5) is 16.3. The van der Waals surface area contributed by atoms with E-state index in [4.69, 9.17) is 5.73 Å². The lowest BCUT2D eigenvalue weighted by molar-refractivity contribution is -0.114. The van der Waals surface area contributed by atoms with Crippen LogP contribution in [0, 0.1) is 0 Å². The van der Waals surface area contributed by atoms with Crippen molar-refractivity contribution in [3.63, 3.8) is 0 Å². The predicted molar refractivity (Wildman–Crippen MR) is 84.5 cm³/mol. The molecule has 0 saturated carbocycles. The third-order valence-corrected chi connectivity index (χ3v) is 4.59. The molecular weight excluding hydrogens is 346 g/mol. The Labute approximate surface area is 127 Å². The van der Waals surface area contributed by atoms with Crippen molar-refractivity contribution in [1.82, 2.24) is 4.98 Å². The van der Waals surface area contributed by atoms with Gasteiger partial charge in [-0.15, -0.1) is 23.1 Å². The minimum Gasteiger partial charge on any atom is -0.398 e. The number of aromatic nitrogens is 1. The molecule has 3 N–H and O–H groups in total. The summed E-state index contributed by atoms with van der Waals surface area (Å²) >= 11 is 6.47. The number of nitrogens with zero attached hydrogens (tertiary/aromatic N) is 1. The van der Waals surface area contributed by atoms with Crippen molar-refractivity contribution in [2.24, 2.45) is 0 Å². The minimum atomic E-state index is -0.107. The third kappa shape index (κ3) is 4.22. The Morgan fingerprint density at radius 1 is 1.58 bits per heavy atom. The molecule has 2 rings (SSSR count). The molecule has 0 atom stereocenters. The number of benzene rings is 1. The quantitative estimate of drug-likeness (QED) is 0.645. The van der Waals surface area contributed by atoms with Crippen molar-refractivity contribution in [3.8, 4) is 0 Å². The first-order valence-electron chi connectivity index (χ1n) is 5.44. The fourth-order valence-electron chi connectivity index (χ4n) is 1.37. The fraction of sp³-hybridized carbons (Fsp3) is 0.167. The topological polar surface area (TPSA) is 68.0 Å². The van der Waals surface area contributed by atoms with Gasteiger partial charge in [-0.25, -0.2) is 4.98 Å². The standard InChI is InChI=1S/C12H12BrN3OS2/c1-7(17)15-12-16-9(6-19-12)5-18-11-4-8(13)2-3-10(11)14/h2-4,6H,5,14H2,1H3,(H,15,16,17). The van der Waals surface area contributed by atoms with Gasteiger partial charge in [-0.2, -0.15) is 0 Å². The number of hydrogen-bond donors (Lipinski definition) is 2. The summed E-state index contributed by atoms with van der Waals surface area (Å²) in [6, 6.07) is 5.77. The molecule has 0 aliphatic carbocycles. The number of amides is 1. The second-order valence-corrected chi connectivity index (χ2v) is 6.59. The molecule has 7 heteroatoms. The molecule has 0 aliphatic heterocycles.